The Hall–Kier alpha value is -2.33. The third-order valence-electron chi connectivity index (χ3n) is 3.35. The van der Waals surface area contributed by atoms with Crippen molar-refractivity contribution >= 4 is 39.9 Å². The second-order valence-electron chi connectivity index (χ2n) is 4.75. The zero-order valence-electron chi connectivity index (χ0n) is 11.7. The maximum atomic E-state index is 11.9. The molecule has 0 bridgehead atoms. The summed E-state index contributed by atoms with van der Waals surface area (Å²) in [5.41, 5.74) is 3.05. The fourth-order valence-corrected chi connectivity index (χ4v) is 2.91. The summed E-state index contributed by atoms with van der Waals surface area (Å²) in [4.78, 5) is 11.9. The van der Waals surface area contributed by atoms with Gasteiger partial charge in [-0.05, 0) is 59.7 Å². The molecular weight excluding hydrogens is 280 g/mol. The molecule has 21 heavy (non-hydrogen) atoms. The summed E-state index contributed by atoms with van der Waals surface area (Å²) in [5.74, 6) is -0.115. The average Bonchev–Trinajstić information content (AvgIpc) is 3.14. The lowest BCUT2D eigenvalue weighted by Crippen LogP contribution is -2.07. The van der Waals surface area contributed by atoms with E-state index >= 15 is 0 Å². The van der Waals surface area contributed by atoms with Gasteiger partial charge in [0.1, 0.15) is 0 Å². The van der Waals surface area contributed by atoms with Crippen molar-refractivity contribution in [2.75, 3.05) is 5.32 Å². The van der Waals surface area contributed by atoms with Crippen LogP contribution in [-0.2, 0) is 11.3 Å². The van der Waals surface area contributed by atoms with E-state index < -0.39 is 0 Å². The van der Waals surface area contributed by atoms with Crippen LogP contribution in [0.2, 0.25) is 0 Å². The SMILES string of the molecule is CCn1ccc2cc(NC(=O)C=Cc3ccsc3)ccc21. The predicted octanol–water partition coefficient (Wildman–Crippen LogP) is 4.37. The van der Waals surface area contributed by atoms with Gasteiger partial charge in [0, 0.05) is 35.4 Å². The first kappa shape index (κ1) is 13.6. The van der Waals surface area contributed by atoms with Gasteiger partial charge in [-0.3, -0.25) is 4.79 Å². The van der Waals surface area contributed by atoms with Crippen LogP contribution in [-0.4, -0.2) is 10.5 Å². The van der Waals surface area contributed by atoms with Gasteiger partial charge in [0.05, 0.1) is 0 Å². The number of aryl methyl sites for hydroxylation is 1. The van der Waals surface area contributed by atoms with Crippen LogP contribution >= 0.6 is 11.3 Å². The van der Waals surface area contributed by atoms with Crippen LogP contribution in [0.15, 0.2) is 53.4 Å². The quantitative estimate of drug-likeness (QED) is 0.712. The summed E-state index contributed by atoms with van der Waals surface area (Å²) in [6.45, 7) is 3.06. The third-order valence-corrected chi connectivity index (χ3v) is 4.05. The number of thiophene rings is 1. The number of carbonyl (C=O) groups is 1. The van der Waals surface area contributed by atoms with Gasteiger partial charge < -0.3 is 9.88 Å². The molecule has 0 radical (unpaired) electrons. The van der Waals surface area contributed by atoms with Gasteiger partial charge in [-0.25, -0.2) is 0 Å². The Kier molecular flexibility index (Phi) is 3.88. The van der Waals surface area contributed by atoms with E-state index in [1.54, 1.807) is 17.4 Å². The van der Waals surface area contributed by atoms with Gasteiger partial charge in [0.15, 0.2) is 0 Å². The van der Waals surface area contributed by atoms with Gasteiger partial charge in [-0.15, -0.1) is 0 Å². The Morgan fingerprint density at radius 1 is 1.33 bits per heavy atom. The van der Waals surface area contributed by atoms with Gasteiger partial charge in [0.2, 0.25) is 5.91 Å². The number of aromatic nitrogens is 1. The normalized spacial score (nSPS) is 11.3. The molecule has 4 heteroatoms. The topological polar surface area (TPSA) is 34.0 Å². The van der Waals surface area contributed by atoms with Crippen molar-refractivity contribution in [1.82, 2.24) is 4.57 Å². The second-order valence-corrected chi connectivity index (χ2v) is 5.53. The number of amides is 1. The molecule has 0 fully saturated rings. The molecule has 3 nitrogen and oxygen atoms in total. The van der Waals surface area contributed by atoms with Crippen LogP contribution in [0, 0.1) is 0 Å². The van der Waals surface area contributed by atoms with Crippen LogP contribution in [0.25, 0.3) is 17.0 Å². The first-order valence-electron chi connectivity index (χ1n) is 6.86. The molecular formula is C17H16N2OS. The van der Waals surface area contributed by atoms with Crippen LogP contribution in [0.4, 0.5) is 5.69 Å². The fraction of sp³-hybridized carbons (Fsp3) is 0.118. The number of nitrogens with zero attached hydrogens (tertiary/aromatic N) is 1. The summed E-state index contributed by atoms with van der Waals surface area (Å²) in [7, 11) is 0. The van der Waals surface area contributed by atoms with E-state index in [1.807, 2.05) is 41.1 Å². The molecule has 1 N–H and O–H groups in total. The van der Waals surface area contributed by atoms with Gasteiger partial charge >= 0.3 is 0 Å². The Bertz CT molecular complexity index is 784. The number of nitrogens with one attached hydrogen (secondary N) is 1. The summed E-state index contributed by atoms with van der Waals surface area (Å²) in [6, 6.07) is 10.0. The smallest absolute Gasteiger partial charge is 0.248 e. The third kappa shape index (κ3) is 3.06. The summed E-state index contributed by atoms with van der Waals surface area (Å²) in [6.07, 6.45) is 5.44. The molecule has 0 aliphatic heterocycles. The lowest BCUT2D eigenvalue weighted by Gasteiger charge is -2.04. The highest BCUT2D eigenvalue weighted by atomic mass is 32.1. The molecule has 3 aromatic rings. The standard InChI is InChI=1S/C17H16N2OS/c1-2-19-9-7-14-11-15(4-5-16(14)19)18-17(20)6-3-13-8-10-21-12-13/h3-12H,2H2,1H3,(H,18,20). The lowest BCUT2D eigenvalue weighted by molar-refractivity contribution is -0.111. The van der Waals surface area contributed by atoms with E-state index in [2.05, 4.69) is 29.1 Å². The van der Waals surface area contributed by atoms with E-state index in [1.165, 1.54) is 5.52 Å². The zero-order valence-corrected chi connectivity index (χ0v) is 12.6. The number of carbonyl (C=O) groups excluding carboxylic acids is 1. The molecule has 1 aromatic carbocycles. The molecule has 0 atom stereocenters. The van der Waals surface area contributed by atoms with Crippen molar-refractivity contribution in [2.24, 2.45) is 0 Å². The minimum absolute atomic E-state index is 0.115. The van der Waals surface area contributed by atoms with Gasteiger partial charge in [-0.2, -0.15) is 11.3 Å². The Morgan fingerprint density at radius 3 is 3.00 bits per heavy atom. The van der Waals surface area contributed by atoms with E-state index in [-0.39, 0.29) is 5.91 Å². The minimum atomic E-state index is -0.115. The van der Waals surface area contributed by atoms with Crippen LogP contribution in [0.5, 0.6) is 0 Å². The molecule has 106 valence electrons. The Balaban J connectivity index is 1.74. The number of fused-ring (bicyclic) bond motifs is 1. The van der Waals surface area contributed by atoms with Crippen molar-refractivity contribution in [1.29, 1.82) is 0 Å². The van der Waals surface area contributed by atoms with Crippen molar-refractivity contribution < 1.29 is 4.79 Å². The number of benzene rings is 1. The summed E-state index contributed by atoms with van der Waals surface area (Å²) in [5, 5.41) is 8.02. The largest absolute Gasteiger partial charge is 0.348 e. The second kappa shape index (κ2) is 5.97. The van der Waals surface area contributed by atoms with Crippen molar-refractivity contribution in [2.45, 2.75) is 13.5 Å². The van der Waals surface area contributed by atoms with Gasteiger partial charge in [-0.1, -0.05) is 0 Å². The van der Waals surface area contributed by atoms with Crippen LogP contribution in [0.1, 0.15) is 12.5 Å². The first-order valence-corrected chi connectivity index (χ1v) is 7.80. The minimum Gasteiger partial charge on any atom is -0.348 e. The molecule has 0 aliphatic rings. The fourth-order valence-electron chi connectivity index (χ4n) is 2.28. The summed E-state index contributed by atoms with van der Waals surface area (Å²) >= 11 is 1.62. The van der Waals surface area contributed by atoms with Crippen molar-refractivity contribution in [3.05, 3.63) is 58.9 Å². The van der Waals surface area contributed by atoms with Crippen LogP contribution < -0.4 is 5.32 Å². The van der Waals surface area contributed by atoms with Crippen molar-refractivity contribution in [3.63, 3.8) is 0 Å². The van der Waals surface area contributed by atoms with E-state index in [4.69, 9.17) is 0 Å². The molecule has 0 unspecified atom stereocenters. The number of anilines is 1. The first-order chi connectivity index (χ1) is 10.3. The van der Waals surface area contributed by atoms with Crippen molar-refractivity contribution in [3.8, 4) is 0 Å². The maximum absolute atomic E-state index is 11.9. The highest BCUT2D eigenvalue weighted by Gasteiger charge is 2.03. The van der Waals surface area contributed by atoms with E-state index in [0.29, 0.717) is 0 Å². The Morgan fingerprint density at radius 2 is 2.24 bits per heavy atom. The zero-order chi connectivity index (χ0) is 14.7. The maximum Gasteiger partial charge on any atom is 0.248 e. The number of hydrogen-bond acceptors (Lipinski definition) is 2. The highest BCUT2D eigenvalue weighted by Crippen LogP contribution is 2.20. The van der Waals surface area contributed by atoms with Crippen LogP contribution in [0.3, 0.4) is 0 Å². The number of hydrogen-bond donors (Lipinski definition) is 1. The molecule has 0 aliphatic carbocycles. The van der Waals surface area contributed by atoms with E-state index in [9.17, 15) is 4.79 Å². The summed E-state index contributed by atoms with van der Waals surface area (Å²) < 4.78 is 2.18. The van der Waals surface area contributed by atoms with Gasteiger partial charge in [0.25, 0.3) is 0 Å². The molecule has 0 saturated carbocycles. The monoisotopic (exact) mass is 296 g/mol. The lowest BCUT2D eigenvalue weighted by atomic mass is 10.2. The predicted molar refractivity (Wildman–Crippen MR) is 89.6 cm³/mol. The molecule has 3 rings (SSSR count). The molecule has 2 aromatic heterocycles. The number of rotatable bonds is 4. The molecule has 0 saturated heterocycles. The van der Waals surface area contributed by atoms with E-state index in [0.717, 1.165) is 23.2 Å². The highest BCUT2D eigenvalue weighted by molar-refractivity contribution is 7.08. The molecule has 0 spiro atoms. The Labute approximate surface area is 127 Å². The molecule has 1 amide bonds. The molecule has 2 heterocycles. The average molecular weight is 296 g/mol.